The number of aryl methyl sites for hydroxylation is 1. The lowest BCUT2D eigenvalue weighted by Gasteiger charge is -2.04. The van der Waals surface area contributed by atoms with E-state index in [0.717, 1.165) is 5.56 Å². The molecule has 1 heterocycles. The maximum atomic E-state index is 12.6. The van der Waals surface area contributed by atoms with Crippen LogP contribution in [-0.4, -0.2) is 15.6 Å². The molecule has 0 aliphatic carbocycles. The predicted molar refractivity (Wildman–Crippen MR) is 107 cm³/mol. The fraction of sp³-hybridized carbons (Fsp3) is 0.0952. The summed E-state index contributed by atoms with van der Waals surface area (Å²) in [6, 6.07) is 18.0. The summed E-state index contributed by atoms with van der Waals surface area (Å²) in [6.07, 6.45) is 1.50. The van der Waals surface area contributed by atoms with Crippen LogP contribution in [0.3, 0.4) is 0 Å². The normalized spacial score (nSPS) is 11.3. The van der Waals surface area contributed by atoms with Gasteiger partial charge in [0.15, 0.2) is 0 Å². The molecule has 0 aliphatic heterocycles. The summed E-state index contributed by atoms with van der Waals surface area (Å²) < 4.78 is 1.63. The number of carbonyl (C=O) groups is 1. The van der Waals surface area contributed by atoms with Crippen molar-refractivity contribution in [3.63, 3.8) is 0 Å². The molecular weight excluding hydrogens is 381 g/mol. The number of halogens is 2. The average Bonchev–Trinajstić information content (AvgIpc) is 2.95. The van der Waals surface area contributed by atoms with Gasteiger partial charge in [0.2, 0.25) is 5.78 Å². The van der Waals surface area contributed by atoms with E-state index in [2.05, 4.69) is 5.10 Å². The Hall–Kier alpha value is -2.87. The first-order valence-electron chi connectivity index (χ1n) is 8.18. The van der Waals surface area contributed by atoms with E-state index in [1.165, 1.54) is 6.08 Å². The number of hydrogen-bond donors (Lipinski definition) is 0. The van der Waals surface area contributed by atoms with Gasteiger partial charge in [0.05, 0.1) is 12.2 Å². The summed E-state index contributed by atoms with van der Waals surface area (Å²) in [7, 11) is 0. The van der Waals surface area contributed by atoms with Crippen molar-refractivity contribution in [2.75, 3.05) is 0 Å². The van der Waals surface area contributed by atoms with Crippen molar-refractivity contribution in [2.24, 2.45) is 0 Å². The second-order valence-corrected chi connectivity index (χ2v) is 6.73. The fourth-order valence-corrected chi connectivity index (χ4v) is 3.05. The van der Waals surface area contributed by atoms with Crippen LogP contribution in [0.1, 0.15) is 27.2 Å². The Labute approximate surface area is 167 Å². The fourth-order valence-electron chi connectivity index (χ4n) is 2.64. The molecule has 27 heavy (non-hydrogen) atoms. The topological polar surface area (TPSA) is 58.7 Å². The number of rotatable bonds is 5. The third-order valence-electron chi connectivity index (χ3n) is 4.04. The molecule has 0 atom stereocenters. The van der Waals surface area contributed by atoms with E-state index in [1.54, 1.807) is 48.0 Å². The van der Waals surface area contributed by atoms with E-state index >= 15 is 0 Å². The van der Waals surface area contributed by atoms with Crippen LogP contribution in [0.25, 0.3) is 6.08 Å². The van der Waals surface area contributed by atoms with Crippen molar-refractivity contribution < 1.29 is 4.79 Å². The van der Waals surface area contributed by atoms with Crippen LogP contribution in [0, 0.1) is 18.3 Å². The molecule has 0 spiro atoms. The summed E-state index contributed by atoms with van der Waals surface area (Å²) >= 11 is 12.4. The zero-order valence-electron chi connectivity index (χ0n) is 14.5. The quantitative estimate of drug-likeness (QED) is 0.332. The summed E-state index contributed by atoms with van der Waals surface area (Å²) in [5.74, 6) is -0.348. The molecule has 134 valence electrons. The van der Waals surface area contributed by atoms with Crippen LogP contribution >= 0.6 is 23.2 Å². The highest BCUT2D eigenvalue weighted by Crippen LogP contribution is 2.25. The molecule has 0 bridgehead atoms. The smallest absolute Gasteiger partial charge is 0.203 e. The maximum absolute atomic E-state index is 12.6. The van der Waals surface area contributed by atoms with Gasteiger partial charge in [-0.25, -0.2) is 4.68 Å². The van der Waals surface area contributed by atoms with Crippen LogP contribution in [0.2, 0.25) is 10.2 Å². The van der Waals surface area contributed by atoms with Crippen molar-refractivity contribution in [2.45, 2.75) is 13.5 Å². The molecule has 1 aromatic heterocycles. The van der Waals surface area contributed by atoms with Gasteiger partial charge in [-0.15, -0.1) is 0 Å². The van der Waals surface area contributed by atoms with E-state index in [0.29, 0.717) is 33.5 Å². The van der Waals surface area contributed by atoms with Crippen molar-refractivity contribution in [1.29, 1.82) is 5.26 Å². The molecule has 2 aromatic carbocycles. The molecule has 3 rings (SSSR count). The van der Waals surface area contributed by atoms with Crippen molar-refractivity contribution >= 4 is 35.1 Å². The minimum atomic E-state index is -0.348. The van der Waals surface area contributed by atoms with Gasteiger partial charge in [0.25, 0.3) is 0 Å². The minimum absolute atomic E-state index is 0.0113. The number of Topliss-reactive ketones (excluding diaryl/α,β-unsaturated/α-hetero) is 1. The van der Waals surface area contributed by atoms with Crippen LogP contribution in [0.5, 0.6) is 0 Å². The van der Waals surface area contributed by atoms with E-state index in [9.17, 15) is 10.1 Å². The van der Waals surface area contributed by atoms with Gasteiger partial charge < -0.3 is 0 Å². The van der Waals surface area contributed by atoms with Gasteiger partial charge in [-0.3, -0.25) is 4.79 Å². The first kappa shape index (κ1) is 18.9. The van der Waals surface area contributed by atoms with E-state index in [4.69, 9.17) is 23.2 Å². The van der Waals surface area contributed by atoms with E-state index in [-0.39, 0.29) is 11.4 Å². The molecule has 0 aliphatic rings. The highest BCUT2D eigenvalue weighted by molar-refractivity contribution is 6.31. The number of nitriles is 1. The zero-order valence-corrected chi connectivity index (χ0v) is 16.0. The highest BCUT2D eigenvalue weighted by Gasteiger charge is 2.17. The Morgan fingerprint density at radius 3 is 2.44 bits per heavy atom. The largest absolute Gasteiger partial charge is 0.288 e. The summed E-state index contributed by atoms with van der Waals surface area (Å²) in [6.45, 7) is 2.25. The number of hydrogen-bond acceptors (Lipinski definition) is 3. The van der Waals surface area contributed by atoms with Gasteiger partial charge in [-0.05, 0) is 30.7 Å². The Balaban J connectivity index is 1.93. The third-order valence-corrected chi connectivity index (χ3v) is 4.70. The molecule has 4 nitrogen and oxygen atoms in total. The predicted octanol–water partition coefficient (Wildman–Crippen LogP) is 5.34. The van der Waals surface area contributed by atoms with Crippen molar-refractivity contribution in [3.8, 4) is 6.07 Å². The first-order valence-corrected chi connectivity index (χ1v) is 8.94. The molecule has 0 saturated heterocycles. The van der Waals surface area contributed by atoms with Gasteiger partial charge in [-0.1, -0.05) is 65.7 Å². The van der Waals surface area contributed by atoms with Crippen molar-refractivity contribution in [1.82, 2.24) is 9.78 Å². The van der Waals surface area contributed by atoms with Crippen LogP contribution in [-0.2, 0) is 6.54 Å². The molecule has 0 unspecified atom stereocenters. The van der Waals surface area contributed by atoms with Gasteiger partial charge in [0, 0.05) is 16.1 Å². The minimum Gasteiger partial charge on any atom is -0.288 e. The van der Waals surface area contributed by atoms with Crippen molar-refractivity contribution in [3.05, 3.63) is 92.7 Å². The number of nitrogens with zero attached hydrogens (tertiary/aromatic N) is 3. The molecular formula is C21H15Cl2N3O. The standard InChI is InChI=1S/C21H15Cl2N3O/c1-14-19(11-17(12-24)20(27)16-5-3-2-4-6-16)21(23)26(25-14)13-15-7-9-18(22)10-8-15/h2-11H,13H2,1H3/b17-11+. The Bertz CT molecular complexity index is 1050. The van der Waals surface area contributed by atoms with E-state index in [1.807, 2.05) is 24.3 Å². The lowest BCUT2D eigenvalue weighted by atomic mass is 10.0. The zero-order chi connectivity index (χ0) is 19.4. The summed E-state index contributed by atoms with van der Waals surface area (Å²) in [5.41, 5.74) is 2.65. The second kappa shape index (κ2) is 8.22. The lowest BCUT2D eigenvalue weighted by Crippen LogP contribution is -2.02. The van der Waals surface area contributed by atoms with Crippen LogP contribution < -0.4 is 0 Å². The lowest BCUT2D eigenvalue weighted by molar-refractivity contribution is 0.104. The van der Waals surface area contributed by atoms with Gasteiger partial charge in [-0.2, -0.15) is 10.4 Å². The van der Waals surface area contributed by atoms with Gasteiger partial charge >= 0.3 is 0 Å². The maximum Gasteiger partial charge on any atom is 0.203 e. The number of carbonyl (C=O) groups excluding carboxylic acids is 1. The second-order valence-electron chi connectivity index (χ2n) is 5.94. The van der Waals surface area contributed by atoms with E-state index < -0.39 is 0 Å². The Morgan fingerprint density at radius 2 is 1.81 bits per heavy atom. The molecule has 0 saturated carbocycles. The molecule has 0 N–H and O–H groups in total. The summed E-state index contributed by atoms with van der Waals surface area (Å²) in [5, 5.41) is 14.9. The molecule has 6 heteroatoms. The number of ketones is 1. The number of aromatic nitrogens is 2. The van der Waals surface area contributed by atoms with Gasteiger partial charge in [0.1, 0.15) is 16.8 Å². The first-order chi connectivity index (χ1) is 13.0. The van der Waals surface area contributed by atoms with Crippen LogP contribution in [0.4, 0.5) is 0 Å². The Morgan fingerprint density at radius 1 is 1.15 bits per heavy atom. The highest BCUT2D eigenvalue weighted by atomic mass is 35.5. The summed E-state index contributed by atoms with van der Waals surface area (Å²) in [4.78, 5) is 12.6. The average molecular weight is 396 g/mol. The Kier molecular flexibility index (Phi) is 5.75. The number of allylic oxidation sites excluding steroid dienone is 1. The monoisotopic (exact) mass is 395 g/mol. The molecule has 0 fully saturated rings. The molecule has 3 aromatic rings. The SMILES string of the molecule is Cc1nn(Cc2ccc(Cl)cc2)c(Cl)c1/C=C(\C#N)C(=O)c1ccccc1. The van der Waals surface area contributed by atoms with Crippen LogP contribution in [0.15, 0.2) is 60.2 Å². The number of benzene rings is 2. The third kappa shape index (κ3) is 4.28. The molecule has 0 amide bonds. The molecule has 0 radical (unpaired) electrons.